The van der Waals surface area contributed by atoms with E-state index in [2.05, 4.69) is 45.2 Å². The number of aryl methyl sites for hydroxylation is 2. The molecular weight excluding hydrogens is 240 g/mol. The third kappa shape index (κ3) is 1.36. The van der Waals surface area contributed by atoms with Gasteiger partial charge in [0.15, 0.2) is 0 Å². The van der Waals surface area contributed by atoms with Gasteiger partial charge in [0.1, 0.15) is 5.65 Å². The molecule has 0 fully saturated rings. The fourth-order valence-electron chi connectivity index (χ4n) is 1.77. The molecule has 2 nitrogen and oxygen atoms in total. The Hall–Kier alpha value is -0.830. The smallest absolute Gasteiger partial charge is 0.140 e. The normalized spacial score (nSPS) is 11.1. The summed E-state index contributed by atoms with van der Waals surface area (Å²) >= 11 is 3.61. The summed E-state index contributed by atoms with van der Waals surface area (Å²) in [7, 11) is 0. The average molecular weight is 253 g/mol. The minimum Gasteiger partial charge on any atom is -0.303 e. The van der Waals surface area contributed by atoms with E-state index in [4.69, 9.17) is 0 Å². The van der Waals surface area contributed by atoms with E-state index in [1.165, 1.54) is 15.7 Å². The topological polar surface area (TPSA) is 17.3 Å². The lowest BCUT2D eigenvalue weighted by Crippen LogP contribution is -1.99. The predicted molar refractivity (Wildman–Crippen MR) is 61.6 cm³/mol. The molecule has 0 atom stereocenters. The zero-order valence-corrected chi connectivity index (χ0v) is 10.0. The van der Waals surface area contributed by atoms with E-state index in [-0.39, 0.29) is 0 Å². The number of fused-ring (bicyclic) bond motifs is 1. The molecule has 3 heteroatoms. The summed E-state index contributed by atoms with van der Waals surface area (Å²) in [5, 5.41) is 0. The Morgan fingerprint density at radius 3 is 2.79 bits per heavy atom. The molecule has 0 aliphatic heterocycles. The first-order chi connectivity index (χ1) is 6.77. The Labute approximate surface area is 92.1 Å². The second kappa shape index (κ2) is 3.73. The van der Waals surface area contributed by atoms with E-state index in [0.717, 1.165) is 18.5 Å². The second-order valence-electron chi connectivity index (χ2n) is 3.29. The van der Waals surface area contributed by atoms with Gasteiger partial charge in [0.25, 0.3) is 0 Å². The van der Waals surface area contributed by atoms with E-state index in [9.17, 15) is 0 Å². The summed E-state index contributed by atoms with van der Waals surface area (Å²) in [6, 6.07) is 2.18. The van der Waals surface area contributed by atoms with Crippen molar-refractivity contribution in [3.63, 3.8) is 0 Å². The largest absolute Gasteiger partial charge is 0.303 e. The summed E-state index contributed by atoms with van der Waals surface area (Å²) in [6.07, 6.45) is 5.92. The quantitative estimate of drug-likeness (QED) is 0.803. The van der Waals surface area contributed by atoms with Crippen LogP contribution in [0, 0.1) is 0 Å². The summed E-state index contributed by atoms with van der Waals surface area (Å²) in [5.41, 5.74) is 3.67. The molecule has 0 N–H and O–H groups in total. The lowest BCUT2D eigenvalue weighted by Gasteiger charge is -2.09. The second-order valence-corrected chi connectivity index (χ2v) is 4.15. The van der Waals surface area contributed by atoms with Crippen LogP contribution in [-0.4, -0.2) is 9.38 Å². The first kappa shape index (κ1) is 9.71. The molecule has 0 saturated heterocycles. The number of pyridine rings is 1. The minimum atomic E-state index is 1.01. The first-order valence-corrected chi connectivity index (χ1v) is 5.70. The Morgan fingerprint density at radius 1 is 1.36 bits per heavy atom. The molecule has 0 aliphatic rings. The van der Waals surface area contributed by atoms with Crippen molar-refractivity contribution in [2.24, 2.45) is 0 Å². The molecule has 2 aromatic rings. The number of hydrogen-bond acceptors (Lipinski definition) is 1. The number of aromatic nitrogens is 2. The van der Waals surface area contributed by atoms with Gasteiger partial charge in [-0.15, -0.1) is 0 Å². The van der Waals surface area contributed by atoms with Crippen molar-refractivity contribution in [2.45, 2.75) is 26.7 Å². The maximum atomic E-state index is 4.38. The van der Waals surface area contributed by atoms with Gasteiger partial charge in [-0.1, -0.05) is 13.8 Å². The van der Waals surface area contributed by atoms with Crippen LogP contribution in [0.25, 0.3) is 5.65 Å². The monoisotopic (exact) mass is 252 g/mol. The third-order valence-electron chi connectivity index (χ3n) is 2.51. The van der Waals surface area contributed by atoms with Crippen molar-refractivity contribution in [1.29, 1.82) is 0 Å². The first-order valence-electron chi connectivity index (χ1n) is 4.91. The van der Waals surface area contributed by atoms with Gasteiger partial charge < -0.3 is 4.40 Å². The number of nitrogens with zero attached hydrogens (tertiary/aromatic N) is 2. The number of rotatable bonds is 2. The van der Waals surface area contributed by atoms with Gasteiger partial charge in [-0.05, 0) is 40.4 Å². The molecule has 0 spiro atoms. The zero-order chi connectivity index (χ0) is 10.1. The lowest BCUT2D eigenvalue weighted by molar-refractivity contribution is 0.950. The fraction of sp³-hybridized carbons (Fsp3) is 0.364. The molecule has 2 aromatic heterocycles. The molecule has 0 aliphatic carbocycles. The summed E-state index contributed by atoms with van der Waals surface area (Å²) in [6.45, 7) is 4.31. The van der Waals surface area contributed by atoms with E-state index in [1.54, 1.807) is 0 Å². The number of hydrogen-bond donors (Lipinski definition) is 0. The highest BCUT2D eigenvalue weighted by molar-refractivity contribution is 9.10. The predicted octanol–water partition coefficient (Wildman–Crippen LogP) is 3.22. The maximum absolute atomic E-state index is 4.38. The van der Waals surface area contributed by atoms with Crippen molar-refractivity contribution in [3.05, 3.63) is 34.2 Å². The highest BCUT2D eigenvalue weighted by atomic mass is 79.9. The Kier molecular flexibility index (Phi) is 2.59. The van der Waals surface area contributed by atoms with Crippen LogP contribution in [0.2, 0.25) is 0 Å². The van der Waals surface area contributed by atoms with Crippen LogP contribution in [0.5, 0.6) is 0 Å². The number of halogens is 1. The minimum absolute atomic E-state index is 1.01. The van der Waals surface area contributed by atoms with Crippen LogP contribution in [0.4, 0.5) is 0 Å². The zero-order valence-electron chi connectivity index (χ0n) is 8.42. The van der Waals surface area contributed by atoms with Crippen molar-refractivity contribution in [3.8, 4) is 0 Å². The van der Waals surface area contributed by atoms with Gasteiger partial charge in [0.05, 0.1) is 0 Å². The molecule has 0 unspecified atom stereocenters. The van der Waals surface area contributed by atoms with Crippen molar-refractivity contribution in [2.75, 3.05) is 0 Å². The SMILES string of the molecule is CCc1cc(Br)c(CC)n2ccnc12. The van der Waals surface area contributed by atoms with Gasteiger partial charge in [-0.3, -0.25) is 0 Å². The van der Waals surface area contributed by atoms with Crippen molar-refractivity contribution >= 4 is 21.6 Å². The van der Waals surface area contributed by atoms with Gasteiger partial charge in [-0.2, -0.15) is 0 Å². The van der Waals surface area contributed by atoms with Gasteiger partial charge in [0, 0.05) is 22.6 Å². The fourth-order valence-corrected chi connectivity index (χ4v) is 2.52. The van der Waals surface area contributed by atoms with Crippen LogP contribution in [-0.2, 0) is 12.8 Å². The van der Waals surface area contributed by atoms with Gasteiger partial charge in [0.2, 0.25) is 0 Å². The maximum Gasteiger partial charge on any atom is 0.140 e. The molecule has 2 heterocycles. The van der Waals surface area contributed by atoms with Crippen LogP contribution >= 0.6 is 15.9 Å². The molecule has 14 heavy (non-hydrogen) atoms. The molecule has 2 rings (SSSR count). The standard InChI is InChI=1S/C11H13BrN2/c1-3-8-7-9(12)10(4-2)14-6-5-13-11(8)14/h5-7H,3-4H2,1-2H3. The molecular formula is C11H13BrN2. The molecule has 0 amide bonds. The Bertz CT molecular complexity index is 460. The van der Waals surface area contributed by atoms with E-state index >= 15 is 0 Å². The van der Waals surface area contributed by atoms with Gasteiger partial charge >= 0.3 is 0 Å². The number of imidazole rings is 1. The molecule has 0 bridgehead atoms. The van der Waals surface area contributed by atoms with E-state index in [0.29, 0.717) is 0 Å². The summed E-state index contributed by atoms with van der Waals surface area (Å²) in [5.74, 6) is 0. The Morgan fingerprint density at radius 2 is 2.14 bits per heavy atom. The summed E-state index contributed by atoms with van der Waals surface area (Å²) < 4.78 is 3.35. The van der Waals surface area contributed by atoms with E-state index in [1.807, 2.05) is 12.4 Å². The molecule has 0 aromatic carbocycles. The summed E-state index contributed by atoms with van der Waals surface area (Å²) in [4.78, 5) is 4.38. The highest BCUT2D eigenvalue weighted by Crippen LogP contribution is 2.23. The van der Waals surface area contributed by atoms with Crippen LogP contribution in [0.15, 0.2) is 22.9 Å². The molecule has 0 saturated carbocycles. The average Bonchev–Trinajstić information content (AvgIpc) is 2.65. The lowest BCUT2D eigenvalue weighted by atomic mass is 10.2. The van der Waals surface area contributed by atoms with Crippen molar-refractivity contribution in [1.82, 2.24) is 9.38 Å². The van der Waals surface area contributed by atoms with Crippen LogP contribution in [0.3, 0.4) is 0 Å². The van der Waals surface area contributed by atoms with Crippen molar-refractivity contribution < 1.29 is 0 Å². The van der Waals surface area contributed by atoms with Crippen LogP contribution < -0.4 is 0 Å². The van der Waals surface area contributed by atoms with Gasteiger partial charge in [-0.25, -0.2) is 4.98 Å². The Balaban J connectivity index is 2.81. The van der Waals surface area contributed by atoms with Crippen LogP contribution in [0.1, 0.15) is 25.1 Å². The molecule has 74 valence electrons. The van der Waals surface area contributed by atoms with E-state index < -0.39 is 0 Å². The highest BCUT2D eigenvalue weighted by Gasteiger charge is 2.08. The third-order valence-corrected chi connectivity index (χ3v) is 3.20. The molecule has 0 radical (unpaired) electrons.